The van der Waals surface area contributed by atoms with Crippen molar-refractivity contribution in [3.63, 3.8) is 0 Å². The standard InChI is InChI=1S/C22H20O2/c23-21(18-10-3-1-4-11-18)16-15-17-9-7-8-14-20(17)22(21,24)19-12-5-2-6-13-19/h1-14,23-24H,15-16H2. The summed E-state index contributed by atoms with van der Waals surface area (Å²) in [4.78, 5) is 0. The van der Waals surface area contributed by atoms with E-state index in [1.807, 2.05) is 84.9 Å². The Bertz CT molecular complexity index is 844. The average molecular weight is 316 g/mol. The van der Waals surface area contributed by atoms with E-state index in [2.05, 4.69) is 0 Å². The first-order valence-electron chi connectivity index (χ1n) is 8.30. The third-order valence-corrected chi connectivity index (χ3v) is 5.20. The summed E-state index contributed by atoms with van der Waals surface area (Å²) in [5, 5.41) is 23.6. The normalized spacial score (nSPS) is 25.9. The molecule has 0 saturated heterocycles. The Kier molecular flexibility index (Phi) is 3.52. The molecule has 0 fully saturated rings. The molecule has 1 aliphatic rings. The van der Waals surface area contributed by atoms with Crippen molar-refractivity contribution in [3.05, 3.63) is 107 Å². The van der Waals surface area contributed by atoms with Crippen LogP contribution < -0.4 is 0 Å². The lowest BCUT2D eigenvalue weighted by Crippen LogP contribution is -2.53. The molecule has 1 aliphatic carbocycles. The summed E-state index contributed by atoms with van der Waals surface area (Å²) < 4.78 is 0. The first-order valence-corrected chi connectivity index (χ1v) is 8.30. The quantitative estimate of drug-likeness (QED) is 0.756. The van der Waals surface area contributed by atoms with Gasteiger partial charge in [-0.15, -0.1) is 0 Å². The van der Waals surface area contributed by atoms with Gasteiger partial charge in [0.2, 0.25) is 0 Å². The van der Waals surface area contributed by atoms with Crippen molar-refractivity contribution >= 4 is 0 Å². The molecule has 0 heterocycles. The van der Waals surface area contributed by atoms with Crippen molar-refractivity contribution in [1.82, 2.24) is 0 Å². The van der Waals surface area contributed by atoms with Crippen LogP contribution in [0, 0.1) is 0 Å². The summed E-state index contributed by atoms with van der Waals surface area (Å²) in [5.41, 5.74) is 0.474. The zero-order chi connectivity index (χ0) is 16.6. The van der Waals surface area contributed by atoms with Crippen molar-refractivity contribution in [2.75, 3.05) is 0 Å². The Morgan fingerprint density at radius 3 is 1.83 bits per heavy atom. The lowest BCUT2D eigenvalue weighted by molar-refractivity contribution is -0.151. The molecule has 0 saturated carbocycles. The number of hydrogen-bond acceptors (Lipinski definition) is 2. The molecule has 0 amide bonds. The monoisotopic (exact) mass is 316 g/mol. The highest BCUT2D eigenvalue weighted by molar-refractivity contribution is 5.49. The molecule has 0 bridgehead atoms. The van der Waals surface area contributed by atoms with Crippen LogP contribution in [-0.2, 0) is 17.6 Å². The van der Waals surface area contributed by atoms with E-state index in [4.69, 9.17) is 0 Å². The fraction of sp³-hybridized carbons (Fsp3) is 0.182. The van der Waals surface area contributed by atoms with Gasteiger partial charge in [-0.1, -0.05) is 84.9 Å². The number of rotatable bonds is 2. The molecular weight excluding hydrogens is 296 g/mol. The number of fused-ring (bicyclic) bond motifs is 1. The molecule has 0 spiro atoms. The van der Waals surface area contributed by atoms with E-state index in [1.54, 1.807) is 0 Å². The van der Waals surface area contributed by atoms with Gasteiger partial charge in [-0.25, -0.2) is 0 Å². The first kappa shape index (κ1) is 15.1. The van der Waals surface area contributed by atoms with Crippen LogP contribution in [0.3, 0.4) is 0 Å². The highest BCUT2D eigenvalue weighted by Gasteiger charge is 2.55. The molecule has 2 nitrogen and oxygen atoms in total. The third-order valence-electron chi connectivity index (χ3n) is 5.20. The molecule has 2 atom stereocenters. The largest absolute Gasteiger partial charge is 0.381 e. The van der Waals surface area contributed by atoms with Gasteiger partial charge in [-0.2, -0.15) is 0 Å². The van der Waals surface area contributed by atoms with E-state index in [-0.39, 0.29) is 0 Å². The van der Waals surface area contributed by atoms with Crippen molar-refractivity contribution in [3.8, 4) is 0 Å². The topological polar surface area (TPSA) is 40.5 Å². The van der Waals surface area contributed by atoms with E-state index in [9.17, 15) is 10.2 Å². The van der Waals surface area contributed by atoms with Crippen molar-refractivity contribution in [2.45, 2.75) is 24.0 Å². The zero-order valence-corrected chi connectivity index (χ0v) is 13.4. The van der Waals surface area contributed by atoms with E-state index < -0.39 is 11.2 Å². The lowest BCUT2D eigenvalue weighted by Gasteiger charge is -2.48. The Hall–Kier alpha value is -2.42. The number of aliphatic hydroxyl groups is 2. The molecule has 2 unspecified atom stereocenters. The summed E-state index contributed by atoms with van der Waals surface area (Å²) in [6.45, 7) is 0. The second-order valence-electron chi connectivity index (χ2n) is 6.46. The molecule has 3 aromatic carbocycles. The SMILES string of the molecule is OC1(c2ccccc2)CCc2ccccc2C1(O)c1ccccc1. The third kappa shape index (κ3) is 2.04. The maximum Gasteiger partial charge on any atom is 0.148 e. The second kappa shape index (κ2) is 5.59. The van der Waals surface area contributed by atoms with Gasteiger partial charge in [0, 0.05) is 0 Å². The molecule has 2 N–H and O–H groups in total. The van der Waals surface area contributed by atoms with Crippen LogP contribution in [0.5, 0.6) is 0 Å². The zero-order valence-electron chi connectivity index (χ0n) is 13.4. The van der Waals surface area contributed by atoms with Gasteiger partial charge in [0.05, 0.1) is 0 Å². The van der Waals surface area contributed by atoms with Gasteiger partial charge >= 0.3 is 0 Å². The number of benzene rings is 3. The Balaban J connectivity index is 2.02. The second-order valence-corrected chi connectivity index (χ2v) is 6.46. The fourth-order valence-electron chi connectivity index (χ4n) is 3.95. The molecule has 120 valence electrons. The number of hydrogen-bond donors (Lipinski definition) is 2. The van der Waals surface area contributed by atoms with Crippen molar-refractivity contribution in [1.29, 1.82) is 0 Å². The van der Waals surface area contributed by atoms with Gasteiger partial charge in [-0.05, 0) is 35.1 Å². The van der Waals surface area contributed by atoms with Crippen molar-refractivity contribution < 1.29 is 10.2 Å². The summed E-state index contributed by atoms with van der Waals surface area (Å²) in [5.74, 6) is 0. The minimum Gasteiger partial charge on any atom is -0.381 e. The predicted octanol–water partition coefficient (Wildman–Crippen LogP) is 3.76. The summed E-state index contributed by atoms with van der Waals surface area (Å²) in [6, 6.07) is 26.9. The summed E-state index contributed by atoms with van der Waals surface area (Å²) in [7, 11) is 0. The van der Waals surface area contributed by atoms with E-state index in [1.165, 1.54) is 0 Å². The van der Waals surface area contributed by atoms with E-state index in [0.717, 1.165) is 23.1 Å². The van der Waals surface area contributed by atoms with Crippen LogP contribution >= 0.6 is 0 Å². The summed E-state index contributed by atoms with van der Waals surface area (Å²) in [6.07, 6.45) is 1.20. The minimum atomic E-state index is -1.48. The molecule has 0 aromatic heterocycles. The molecule has 24 heavy (non-hydrogen) atoms. The maximum absolute atomic E-state index is 11.9. The van der Waals surface area contributed by atoms with Gasteiger partial charge in [0.1, 0.15) is 11.2 Å². The van der Waals surface area contributed by atoms with Crippen LogP contribution in [0.2, 0.25) is 0 Å². The van der Waals surface area contributed by atoms with Crippen LogP contribution in [0.1, 0.15) is 28.7 Å². The van der Waals surface area contributed by atoms with Crippen LogP contribution in [0.4, 0.5) is 0 Å². The smallest absolute Gasteiger partial charge is 0.148 e. The van der Waals surface area contributed by atoms with Crippen molar-refractivity contribution in [2.24, 2.45) is 0 Å². The van der Waals surface area contributed by atoms with Gasteiger partial charge < -0.3 is 10.2 Å². The minimum absolute atomic E-state index is 0.472. The fourth-order valence-corrected chi connectivity index (χ4v) is 3.95. The molecule has 3 aromatic rings. The molecule has 0 aliphatic heterocycles. The predicted molar refractivity (Wildman–Crippen MR) is 94.5 cm³/mol. The lowest BCUT2D eigenvalue weighted by atomic mass is 9.62. The van der Waals surface area contributed by atoms with E-state index in [0.29, 0.717) is 12.0 Å². The van der Waals surface area contributed by atoms with Crippen LogP contribution in [-0.4, -0.2) is 10.2 Å². The van der Waals surface area contributed by atoms with Crippen LogP contribution in [0.25, 0.3) is 0 Å². The highest BCUT2D eigenvalue weighted by Crippen LogP contribution is 2.52. The summed E-state index contributed by atoms with van der Waals surface area (Å²) >= 11 is 0. The Morgan fingerprint density at radius 2 is 1.17 bits per heavy atom. The first-order chi connectivity index (χ1) is 11.7. The molecular formula is C22H20O2. The molecule has 2 heteroatoms. The molecule has 4 rings (SSSR count). The maximum atomic E-state index is 11.9. The Morgan fingerprint density at radius 1 is 0.625 bits per heavy atom. The highest BCUT2D eigenvalue weighted by atomic mass is 16.4. The Labute approximate surface area is 142 Å². The van der Waals surface area contributed by atoms with E-state index >= 15 is 0 Å². The van der Waals surface area contributed by atoms with Gasteiger partial charge in [-0.3, -0.25) is 0 Å². The van der Waals surface area contributed by atoms with Gasteiger partial charge in [0.15, 0.2) is 0 Å². The average Bonchev–Trinajstić information content (AvgIpc) is 2.66. The van der Waals surface area contributed by atoms with Crippen LogP contribution in [0.15, 0.2) is 84.9 Å². The number of aryl methyl sites for hydroxylation is 1. The van der Waals surface area contributed by atoms with Gasteiger partial charge in [0.25, 0.3) is 0 Å². The molecule has 0 radical (unpaired) electrons.